The monoisotopic (exact) mass is 330 g/mol. The van der Waals surface area contributed by atoms with Crippen LogP contribution in [0.5, 0.6) is 0 Å². The quantitative estimate of drug-likeness (QED) is 0.517. The molecule has 0 saturated carbocycles. The first-order valence-electron chi connectivity index (χ1n) is 7.67. The van der Waals surface area contributed by atoms with E-state index in [1.54, 1.807) is 9.81 Å². The maximum absolute atomic E-state index is 2.65. The Hall–Kier alpha value is -0.643. The summed E-state index contributed by atoms with van der Waals surface area (Å²) >= 11 is 0. The van der Waals surface area contributed by atoms with E-state index in [0.717, 1.165) is 10.5 Å². The summed E-state index contributed by atoms with van der Waals surface area (Å²) in [6.45, 7) is 10.2. The second-order valence-electron chi connectivity index (χ2n) is 6.51. The minimum atomic E-state index is -1.40. The molecule has 0 bridgehead atoms. The lowest BCUT2D eigenvalue weighted by molar-refractivity contribution is 1.25. The van der Waals surface area contributed by atoms with Crippen LogP contribution in [0.3, 0.4) is 0 Å². The molecular formula is C18H22S2Si+2. The van der Waals surface area contributed by atoms with Crippen LogP contribution in [0.25, 0.3) is 0 Å². The summed E-state index contributed by atoms with van der Waals surface area (Å²) in [5.74, 6) is 0. The van der Waals surface area contributed by atoms with Crippen LogP contribution < -0.4 is 0 Å². The summed E-state index contributed by atoms with van der Waals surface area (Å²) in [4.78, 5) is 3.33. The molecule has 2 aliphatic carbocycles. The van der Waals surface area contributed by atoms with Gasteiger partial charge in [0.25, 0.3) is 0 Å². The Bertz CT molecular complexity index is 630. The Morgan fingerprint density at radius 2 is 1.24 bits per heavy atom. The van der Waals surface area contributed by atoms with Gasteiger partial charge >= 0.3 is 6.37 Å². The highest BCUT2D eigenvalue weighted by molar-refractivity contribution is 8.57. The van der Waals surface area contributed by atoms with Crippen molar-refractivity contribution in [2.45, 2.75) is 37.4 Å². The predicted octanol–water partition coefficient (Wildman–Crippen LogP) is 4.49. The van der Waals surface area contributed by atoms with Gasteiger partial charge in [0.1, 0.15) is 20.3 Å². The lowest BCUT2D eigenvalue weighted by Gasteiger charge is -2.24. The third-order valence-corrected chi connectivity index (χ3v) is 23.4. The topological polar surface area (TPSA) is 0 Å². The number of hydrogen-bond acceptors (Lipinski definition) is 0. The fourth-order valence-electron chi connectivity index (χ4n) is 4.08. The van der Waals surface area contributed by atoms with E-state index in [4.69, 9.17) is 0 Å². The summed E-state index contributed by atoms with van der Waals surface area (Å²) in [5.41, 5.74) is 3.04. The van der Waals surface area contributed by atoms with E-state index in [-0.39, 0.29) is 0 Å². The summed E-state index contributed by atoms with van der Waals surface area (Å²) < 4.78 is 0. The highest BCUT2D eigenvalue weighted by Crippen LogP contribution is 2.50. The van der Waals surface area contributed by atoms with Crippen molar-refractivity contribution in [3.63, 3.8) is 0 Å². The molecule has 0 fully saturated rings. The zero-order valence-corrected chi connectivity index (χ0v) is 15.7. The van der Waals surface area contributed by atoms with E-state index in [9.17, 15) is 0 Å². The van der Waals surface area contributed by atoms with E-state index in [1.165, 1.54) is 11.1 Å². The number of rotatable bonds is 2. The standard InChI is InChI=1S/C18H22S2Si/c1-13-11-15-7-5-9-17(15)19(13)21(3,4)20-14(2)12-16-8-6-10-18(16)20/h5-14H,1-4H3/q+2. The van der Waals surface area contributed by atoms with Crippen LogP contribution in [0, 0.1) is 0 Å². The molecule has 3 heteroatoms. The normalized spacial score (nSPS) is 36.4. The smallest absolute Gasteiger partial charge is 0.0566 e. The van der Waals surface area contributed by atoms with Crippen molar-refractivity contribution in [1.82, 2.24) is 0 Å². The van der Waals surface area contributed by atoms with Crippen molar-refractivity contribution in [2.24, 2.45) is 0 Å². The molecule has 0 radical (unpaired) electrons. The molecule has 0 N–H and O–H groups in total. The molecule has 108 valence electrons. The molecule has 4 atom stereocenters. The zero-order chi connectivity index (χ0) is 14.8. The van der Waals surface area contributed by atoms with Crippen molar-refractivity contribution in [2.75, 3.05) is 0 Å². The highest BCUT2D eigenvalue weighted by atomic mass is 32.6. The van der Waals surface area contributed by atoms with Crippen molar-refractivity contribution in [1.29, 1.82) is 0 Å². The van der Waals surface area contributed by atoms with Gasteiger partial charge in [-0.25, -0.2) is 0 Å². The fraction of sp³-hybridized carbons (Fsp3) is 0.333. The minimum Gasteiger partial charge on any atom is -0.0566 e. The van der Waals surface area contributed by atoms with Gasteiger partial charge in [-0.05, 0) is 50.3 Å². The third kappa shape index (κ3) is 1.90. The molecule has 4 unspecified atom stereocenters. The van der Waals surface area contributed by atoms with E-state index in [2.05, 4.69) is 75.5 Å². The van der Waals surface area contributed by atoms with Crippen LogP contribution >= 0.6 is 0 Å². The average molecular weight is 331 g/mol. The van der Waals surface area contributed by atoms with E-state index >= 15 is 0 Å². The Balaban J connectivity index is 1.72. The van der Waals surface area contributed by atoms with E-state index in [1.807, 2.05) is 0 Å². The summed E-state index contributed by atoms with van der Waals surface area (Å²) in [6.07, 6.45) is 17.6. The van der Waals surface area contributed by atoms with Gasteiger partial charge in [0.2, 0.25) is 0 Å². The molecule has 4 aliphatic rings. The first-order chi connectivity index (χ1) is 10.00. The molecule has 0 amide bonds. The summed E-state index contributed by atoms with van der Waals surface area (Å²) in [5, 5.41) is 1.47. The number of fused-ring (bicyclic) bond motifs is 2. The molecule has 0 saturated heterocycles. The van der Waals surface area contributed by atoms with Crippen LogP contribution in [0.4, 0.5) is 0 Å². The third-order valence-electron chi connectivity index (χ3n) is 4.72. The van der Waals surface area contributed by atoms with Crippen LogP contribution in [-0.4, -0.2) is 16.9 Å². The SMILES string of the molecule is CC1C=C2C=CC=C2[S+]1[Si](C)(C)[S+]1C2=CC=CC2=CC1C. The summed E-state index contributed by atoms with van der Waals surface area (Å²) in [7, 11) is 0.895. The predicted molar refractivity (Wildman–Crippen MR) is 102 cm³/mol. The van der Waals surface area contributed by atoms with Gasteiger partial charge < -0.3 is 0 Å². The molecule has 2 aliphatic heterocycles. The molecule has 0 spiro atoms. The van der Waals surface area contributed by atoms with Gasteiger partial charge in [-0.1, -0.05) is 12.2 Å². The highest BCUT2D eigenvalue weighted by Gasteiger charge is 2.69. The largest absolute Gasteiger partial charge is 0.540 e. The Labute approximate surface area is 134 Å². The maximum Gasteiger partial charge on any atom is 0.540 e. The Morgan fingerprint density at radius 3 is 1.67 bits per heavy atom. The van der Waals surface area contributed by atoms with Gasteiger partial charge in [-0.2, -0.15) is 0 Å². The van der Waals surface area contributed by atoms with E-state index < -0.39 is 6.37 Å². The molecule has 0 nitrogen and oxygen atoms in total. The van der Waals surface area contributed by atoms with Crippen LogP contribution in [0.15, 0.2) is 69.6 Å². The molecule has 21 heavy (non-hydrogen) atoms. The van der Waals surface area contributed by atoms with Gasteiger partial charge in [-0.3, -0.25) is 0 Å². The number of allylic oxidation sites excluding steroid dienone is 8. The Morgan fingerprint density at radius 1 is 0.810 bits per heavy atom. The molecule has 0 aromatic rings. The number of hydrogen-bond donors (Lipinski definition) is 0. The molecule has 0 aromatic carbocycles. The van der Waals surface area contributed by atoms with Crippen LogP contribution in [0.2, 0.25) is 13.1 Å². The maximum atomic E-state index is 2.65. The lowest BCUT2D eigenvalue weighted by atomic mass is 10.2. The van der Waals surface area contributed by atoms with Gasteiger partial charge in [-0.15, -0.1) is 0 Å². The van der Waals surface area contributed by atoms with Crippen LogP contribution in [0.1, 0.15) is 13.8 Å². The van der Waals surface area contributed by atoms with Crippen molar-refractivity contribution in [3.05, 3.63) is 69.6 Å². The first kappa shape index (κ1) is 14.0. The zero-order valence-electron chi connectivity index (χ0n) is 13.1. The lowest BCUT2D eigenvalue weighted by Crippen LogP contribution is -2.51. The van der Waals surface area contributed by atoms with Crippen molar-refractivity contribution >= 4 is 27.1 Å². The second-order valence-corrected chi connectivity index (χ2v) is 22.6. The van der Waals surface area contributed by atoms with E-state index in [0.29, 0.717) is 20.7 Å². The van der Waals surface area contributed by atoms with Crippen molar-refractivity contribution in [3.8, 4) is 0 Å². The minimum absolute atomic E-state index is 0.448. The summed E-state index contributed by atoms with van der Waals surface area (Å²) in [6, 6.07) is 0. The average Bonchev–Trinajstić information content (AvgIpc) is 3.07. The van der Waals surface area contributed by atoms with Gasteiger partial charge in [0.15, 0.2) is 0 Å². The second kappa shape index (κ2) is 4.67. The van der Waals surface area contributed by atoms with Crippen molar-refractivity contribution < 1.29 is 0 Å². The molecular weight excluding hydrogens is 308 g/mol. The Kier molecular flexibility index (Phi) is 3.11. The molecule has 4 rings (SSSR count). The molecule has 2 heterocycles. The van der Waals surface area contributed by atoms with Gasteiger partial charge in [0.05, 0.1) is 0 Å². The first-order valence-corrected chi connectivity index (χ1v) is 14.7. The van der Waals surface area contributed by atoms with Crippen LogP contribution in [-0.2, 0) is 20.7 Å². The molecule has 0 aromatic heterocycles. The van der Waals surface area contributed by atoms with Gasteiger partial charge in [0, 0.05) is 44.9 Å². The fourth-order valence-corrected chi connectivity index (χ4v) is 26.5.